The Morgan fingerprint density at radius 2 is 1.26 bits per heavy atom. The van der Waals surface area contributed by atoms with Gasteiger partial charge in [0.1, 0.15) is 5.82 Å². The Balaban J connectivity index is 1.14. The number of hydrogen-bond acceptors (Lipinski definition) is 1. The molecule has 0 bridgehead atoms. The predicted octanol–water partition coefficient (Wildman–Crippen LogP) is 13.2. The average Bonchev–Trinajstić information content (AvgIpc) is 3.08. The Bertz CT molecular complexity index is 1400. The lowest BCUT2D eigenvalue weighted by Crippen LogP contribution is -2.25. The molecule has 46 heavy (non-hydrogen) atoms. The molecule has 0 N–H and O–H groups in total. The number of halogens is 3. The lowest BCUT2D eigenvalue weighted by Gasteiger charge is -2.37. The second-order valence-corrected chi connectivity index (χ2v) is 13.8. The van der Waals surface area contributed by atoms with Crippen LogP contribution in [-0.4, -0.2) is 6.61 Å². The first-order chi connectivity index (χ1) is 22.5. The molecular formula is C42H53F3O. The zero-order chi connectivity index (χ0) is 32.3. The van der Waals surface area contributed by atoms with E-state index in [0.29, 0.717) is 12.2 Å². The van der Waals surface area contributed by atoms with Crippen molar-refractivity contribution in [3.05, 3.63) is 89.8 Å². The first-order valence-electron chi connectivity index (χ1n) is 18.1. The first kappa shape index (κ1) is 34.3. The minimum atomic E-state index is -0.951. The highest BCUT2D eigenvalue weighted by atomic mass is 19.2. The third-order valence-corrected chi connectivity index (χ3v) is 10.7. The summed E-state index contributed by atoms with van der Waals surface area (Å²) in [6.45, 7) is 4.70. The lowest BCUT2D eigenvalue weighted by molar-refractivity contribution is 0.171. The van der Waals surface area contributed by atoms with E-state index in [0.717, 1.165) is 66.5 Å². The highest BCUT2D eigenvalue weighted by molar-refractivity contribution is 5.71. The molecule has 0 atom stereocenters. The molecule has 0 aliphatic heterocycles. The predicted molar refractivity (Wildman–Crippen MR) is 186 cm³/mol. The smallest absolute Gasteiger partial charge is 0.201 e. The summed E-state index contributed by atoms with van der Waals surface area (Å²) in [5.74, 6) is 0.643. The minimum absolute atomic E-state index is 0.0416. The van der Waals surface area contributed by atoms with Gasteiger partial charge in [-0.25, -0.2) is 8.78 Å². The van der Waals surface area contributed by atoms with E-state index in [4.69, 9.17) is 4.74 Å². The molecule has 0 heterocycles. The van der Waals surface area contributed by atoms with E-state index in [1.807, 2.05) is 24.3 Å². The fraction of sp³-hybridized carbons (Fsp3) is 0.524. The SMILES string of the molecule is C/C=C/C1CCC(C2CCC(c3ccc(-c4ccc(-c5ccc(OCCCCCCCCC)c(F)c5F)cc4)cc3F)CC2)CC1. The summed E-state index contributed by atoms with van der Waals surface area (Å²) >= 11 is 0. The van der Waals surface area contributed by atoms with Crippen molar-refractivity contribution in [1.29, 1.82) is 0 Å². The third kappa shape index (κ3) is 8.87. The van der Waals surface area contributed by atoms with Crippen LogP contribution in [0, 0.1) is 35.2 Å². The van der Waals surface area contributed by atoms with Crippen molar-refractivity contribution < 1.29 is 17.9 Å². The highest BCUT2D eigenvalue weighted by Crippen LogP contribution is 2.45. The maximum atomic E-state index is 15.5. The molecule has 0 amide bonds. The van der Waals surface area contributed by atoms with Crippen molar-refractivity contribution in [3.8, 4) is 28.0 Å². The minimum Gasteiger partial charge on any atom is -0.490 e. The van der Waals surface area contributed by atoms with Crippen LogP contribution in [-0.2, 0) is 0 Å². The molecule has 2 fully saturated rings. The Hall–Kier alpha value is -3.01. The average molecular weight is 631 g/mol. The summed E-state index contributed by atoms with van der Waals surface area (Å²) in [5.41, 5.74) is 3.24. The van der Waals surface area contributed by atoms with Crippen molar-refractivity contribution >= 4 is 0 Å². The zero-order valence-electron chi connectivity index (χ0n) is 28.0. The van der Waals surface area contributed by atoms with Gasteiger partial charge in [0.15, 0.2) is 11.6 Å². The van der Waals surface area contributed by atoms with Gasteiger partial charge in [0.05, 0.1) is 6.61 Å². The normalized spacial score (nSPS) is 21.9. The number of hydrogen-bond donors (Lipinski definition) is 0. The summed E-state index contributed by atoms with van der Waals surface area (Å²) in [6, 6.07) is 15.9. The van der Waals surface area contributed by atoms with E-state index >= 15 is 8.78 Å². The molecule has 4 heteroatoms. The van der Waals surface area contributed by atoms with Crippen molar-refractivity contribution in [1.82, 2.24) is 0 Å². The fourth-order valence-corrected chi connectivity index (χ4v) is 7.97. The van der Waals surface area contributed by atoms with Gasteiger partial charge in [0.2, 0.25) is 5.82 Å². The Kier molecular flexibility index (Phi) is 12.9. The van der Waals surface area contributed by atoms with Gasteiger partial charge in [-0.15, -0.1) is 0 Å². The number of ether oxygens (including phenoxy) is 1. The molecule has 0 saturated heterocycles. The summed E-state index contributed by atoms with van der Waals surface area (Å²) in [7, 11) is 0. The molecule has 5 rings (SSSR count). The van der Waals surface area contributed by atoms with Crippen molar-refractivity contribution in [3.63, 3.8) is 0 Å². The number of rotatable bonds is 14. The van der Waals surface area contributed by atoms with E-state index in [2.05, 4.69) is 26.0 Å². The molecule has 3 aromatic carbocycles. The number of unbranched alkanes of at least 4 members (excludes halogenated alkanes) is 6. The second-order valence-electron chi connectivity index (χ2n) is 13.8. The number of benzene rings is 3. The molecular weight excluding hydrogens is 577 g/mol. The molecule has 3 aromatic rings. The number of allylic oxidation sites excluding steroid dienone is 2. The van der Waals surface area contributed by atoms with Gasteiger partial charge < -0.3 is 4.74 Å². The van der Waals surface area contributed by atoms with Gasteiger partial charge in [-0.2, -0.15) is 4.39 Å². The van der Waals surface area contributed by atoms with Gasteiger partial charge in [-0.05, 0) is 129 Å². The molecule has 0 radical (unpaired) electrons. The van der Waals surface area contributed by atoms with E-state index in [1.165, 1.54) is 70.3 Å². The molecule has 2 saturated carbocycles. The molecule has 0 aromatic heterocycles. The van der Waals surface area contributed by atoms with E-state index in [-0.39, 0.29) is 23.0 Å². The third-order valence-electron chi connectivity index (χ3n) is 10.7. The van der Waals surface area contributed by atoms with Crippen molar-refractivity contribution in [2.45, 2.75) is 116 Å². The van der Waals surface area contributed by atoms with Gasteiger partial charge in [0.25, 0.3) is 0 Å². The first-order valence-corrected chi connectivity index (χ1v) is 18.1. The molecule has 1 nitrogen and oxygen atoms in total. The highest BCUT2D eigenvalue weighted by Gasteiger charge is 2.31. The molecule has 2 aliphatic carbocycles. The Labute approximate surface area is 275 Å². The second kappa shape index (κ2) is 17.2. The van der Waals surface area contributed by atoms with Crippen molar-refractivity contribution in [2.75, 3.05) is 6.61 Å². The van der Waals surface area contributed by atoms with Gasteiger partial charge in [-0.1, -0.05) is 94.0 Å². The van der Waals surface area contributed by atoms with Crippen LogP contribution in [0.15, 0.2) is 66.7 Å². The maximum absolute atomic E-state index is 15.5. The van der Waals surface area contributed by atoms with Gasteiger partial charge in [0, 0.05) is 5.56 Å². The van der Waals surface area contributed by atoms with E-state index < -0.39 is 11.6 Å². The van der Waals surface area contributed by atoms with E-state index in [1.54, 1.807) is 24.3 Å². The Morgan fingerprint density at radius 3 is 1.91 bits per heavy atom. The van der Waals surface area contributed by atoms with Gasteiger partial charge in [-0.3, -0.25) is 0 Å². The van der Waals surface area contributed by atoms with E-state index in [9.17, 15) is 4.39 Å². The Morgan fingerprint density at radius 1 is 0.652 bits per heavy atom. The summed E-state index contributed by atoms with van der Waals surface area (Å²) < 4.78 is 50.9. The van der Waals surface area contributed by atoms with Gasteiger partial charge >= 0.3 is 0 Å². The van der Waals surface area contributed by atoms with Crippen LogP contribution < -0.4 is 4.74 Å². The standard InChI is InChI=1S/C42H53F3O/c1-3-5-6-7-8-9-10-28-46-40-27-26-38(41(44)42(40)45)35-22-18-33(19-23-35)36-24-25-37(39(43)29-36)34-20-16-32(17-21-34)31-14-12-30(11-4-2)13-15-31/h4,11,18-19,22-27,29-32,34H,3,5-10,12-17,20-21,28H2,1-2H3/b11-4+. The zero-order valence-corrected chi connectivity index (χ0v) is 28.0. The van der Waals surface area contributed by atoms with Crippen LogP contribution in [0.4, 0.5) is 13.2 Å². The fourth-order valence-electron chi connectivity index (χ4n) is 7.97. The van der Waals surface area contributed by atoms with Crippen LogP contribution >= 0.6 is 0 Å². The van der Waals surface area contributed by atoms with Crippen LogP contribution in [0.1, 0.15) is 122 Å². The quantitative estimate of drug-likeness (QED) is 0.127. The molecule has 0 unspecified atom stereocenters. The summed E-state index contributed by atoms with van der Waals surface area (Å²) in [6.07, 6.45) is 22.4. The summed E-state index contributed by atoms with van der Waals surface area (Å²) in [5, 5.41) is 0. The van der Waals surface area contributed by atoms with Crippen LogP contribution in [0.2, 0.25) is 0 Å². The molecule has 2 aliphatic rings. The van der Waals surface area contributed by atoms with Crippen molar-refractivity contribution in [2.24, 2.45) is 17.8 Å². The largest absolute Gasteiger partial charge is 0.490 e. The maximum Gasteiger partial charge on any atom is 0.201 e. The summed E-state index contributed by atoms with van der Waals surface area (Å²) in [4.78, 5) is 0. The van der Waals surface area contributed by atoms with Crippen LogP contribution in [0.25, 0.3) is 22.3 Å². The monoisotopic (exact) mass is 630 g/mol. The molecule has 248 valence electrons. The topological polar surface area (TPSA) is 9.23 Å². The van der Waals surface area contributed by atoms with Crippen LogP contribution in [0.5, 0.6) is 5.75 Å². The lowest BCUT2D eigenvalue weighted by atomic mass is 9.68. The van der Waals surface area contributed by atoms with Crippen LogP contribution in [0.3, 0.4) is 0 Å². The molecule has 0 spiro atoms.